The predicted molar refractivity (Wildman–Crippen MR) is 88.5 cm³/mol. The van der Waals surface area contributed by atoms with Crippen molar-refractivity contribution >= 4 is 29.0 Å². The van der Waals surface area contributed by atoms with E-state index in [0.29, 0.717) is 4.99 Å². The molecule has 0 aliphatic carbocycles. The predicted octanol–water partition coefficient (Wildman–Crippen LogP) is 4.06. The van der Waals surface area contributed by atoms with Crippen molar-refractivity contribution in [1.29, 1.82) is 0 Å². The van der Waals surface area contributed by atoms with Crippen LogP contribution in [0.4, 0.5) is 0 Å². The second-order valence-corrected chi connectivity index (χ2v) is 5.87. The Bertz CT molecular complexity index is 578. The maximum atomic E-state index is 5.74. The lowest BCUT2D eigenvalue weighted by atomic mass is 10.1. The van der Waals surface area contributed by atoms with Gasteiger partial charge in [0.2, 0.25) is 0 Å². The van der Waals surface area contributed by atoms with Gasteiger partial charge in [-0.05, 0) is 23.6 Å². The van der Waals surface area contributed by atoms with E-state index < -0.39 is 0 Å². The van der Waals surface area contributed by atoms with Crippen LogP contribution in [0, 0.1) is 6.92 Å². The van der Waals surface area contributed by atoms with Gasteiger partial charge in [-0.3, -0.25) is 0 Å². The minimum absolute atomic E-state index is 0.479. The van der Waals surface area contributed by atoms with Gasteiger partial charge in [-0.2, -0.15) is 11.8 Å². The third-order valence-corrected chi connectivity index (χ3v) is 4.31. The van der Waals surface area contributed by atoms with Gasteiger partial charge in [-0.25, -0.2) is 0 Å². The van der Waals surface area contributed by atoms with Crippen molar-refractivity contribution in [3.63, 3.8) is 0 Å². The number of hydrogen-bond acceptors (Lipinski definition) is 2. The molecule has 0 aliphatic rings. The van der Waals surface area contributed by atoms with Gasteiger partial charge in [-0.1, -0.05) is 60.7 Å². The molecule has 0 unspecified atom stereocenters. The molecule has 2 aromatic rings. The van der Waals surface area contributed by atoms with Crippen molar-refractivity contribution in [3.8, 4) is 0 Å². The third kappa shape index (κ3) is 3.82. The molecule has 1 nitrogen and oxygen atoms in total. The van der Waals surface area contributed by atoms with Gasteiger partial charge in [0.25, 0.3) is 0 Å². The van der Waals surface area contributed by atoms with Crippen molar-refractivity contribution in [2.45, 2.75) is 18.4 Å². The number of rotatable bonds is 5. The average Bonchev–Trinajstić information content (AvgIpc) is 2.41. The first-order valence-electron chi connectivity index (χ1n) is 6.18. The fourth-order valence-corrected chi connectivity index (χ4v) is 3.25. The molecule has 2 rings (SSSR count). The zero-order valence-electron chi connectivity index (χ0n) is 10.9. The van der Waals surface area contributed by atoms with Crippen LogP contribution in [-0.4, -0.2) is 4.99 Å². The number of benzene rings is 2. The highest BCUT2D eigenvalue weighted by Gasteiger charge is 2.05. The molecule has 98 valence electrons. The van der Waals surface area contributed by atoms with Gasteiger partial charge >= 0.3 is 0 Å². The first-order chi connectivity index (χ1) is 9.18. The van der Waals surface area contributed by atoms with Crippen LogP contribution in [0.15, 0.2) is 48.5 Å². The van der Waals surface area contributed by atoms with E-state index in [4.69, 9.17) is 18.0 Å². The van der Waals surface area contributed by atoms with Crippen molar-refractivity contribution < 1.29 is 0 Å². The first-order valence-corrected chi connectivity index (χ1v) is 7.74. The second-order valence-electron chi connectivity index (χ2n) is 4.44. The maximum absolute atomic E-state index is 5.74. The van der Waals surface area contributed by atoms with Crippen molar-refractivity contribution in [1.82, 2.24) is 0 Å². The standard InChI is InChI=1S/C16H17NS2/c1-12-6-2-3-7-13(12)10-19-11-14-8-4-5-9-15(14)16(17)18/h2-9H,10-11H2,1H3,(H2,17,18). The fraction of sp³-hybridized carbons (Fsp3) is 0.188. The highest BCUT2D eigenvalue weighted by Crippen LogP contribution is 2.22. The molecule has 3 heteroatoms. The van der Waals surface area contributed by atoms with E-state index in [9.17, 15) is 0 Å². The lowest BCUT2D eigenvalue weighted by molar-refractivity contribution is 1.29. The zero-order valence-corrected chi connectivity index (χ0v) is 12.6. The Balaban J connectivity index is 2.00. The quantitative estimate of drug-likeness (QED) is 0.840. The highest BCUT2D eigenvalue weighted by molar-refractivity contribution is 7.97. The molecular weight excluding hydrogens is 270 g/mol. The van der Waals surface area contributed by atoms with Crippen LogP contribution in [0.25, 0.3) is 0 Å². The maximum Gasteiger partial charge on any atom is 0.104 e. The van der Waals surface area contributed by atoms with E-state index in [1.807, 2.05) is 30.0 Å². The van der Waals surface area contributed by atoms with E-state index in [-0.39, 0.29) is 0 Å². The van der Waals surface area contributed by atoms with Gasteiger partial charge < -0.3 is 5.73 Å². The summed E-state index contributed by atoms with van der Waals surface area (Å²) in [6, 6.07) is 16.6. The number of thioether (sulfide) groups is 1. The van der Waals surface area contributed by atoms with E-state index in [1.165, 1.54) is 16.7 Å². The first kappa shape index (κ1) is 14.1. The molecule has 0 aliphatic heterocycles. The molecule has 0 saturated carbocycles. The van der Waals surface area contributed by atoms with Crippen LogP contribution in [0.3, 0.4) is 0 Å². The molecule has 0 atom stereocenters. The average molecular weight is 287 g/mol. The van der Waals surface area contributed by atoms with Crippen LogP contribution in [0.2, 0.25) is 0 Å². The van der Waals surface area contributed by atoms with E-state index >= 15 is 0 Å². The largest absolute Gasteiger partial charge is 0.389 e. The Hall–Kier alpha value is -1.32. The summed E-state index contributed by atoms with van der Waals surface area (Å²) in [4.78, 5) is 0.479. The van der Waals surface area contributed by atoms with Crippen LogP contribution in [0.1, 0.15) is 22.3 Å². The summed E-state index contributed by atoms with van der Waals surface area (Å²) in [5.41, 5.74) is 10.7. The zero-order chi connectivity index (χ0) is 13.7. The molecular formula is C16H17NS2. The van der Waals surface area contributed by atoms with Crippen molar-refractivity contribution in [2.75, 3.05) is 0 Å². The molecule has 0 radical (unpaired) electrons. The summed E-state index contributed by atoms with van der Waals surface area (Å²) in [6.45, 7) is 2.15. The summed E-state index contributed by atoms with van der Waals surface area (Å²) in [6.07, 6.45) is 0. The van der Waals surface area contributed by atoms with E-state index in [1.54, 1.807) is 0 Å². The molecule has 19 heavy (non-hydrogen) atoms. The molecule has 0 saturated heterocycles. The summed E-state index contributed by atoms with van der Waals surface area (Å²) >= 11 is 6.97. The summed E-state index contributed by atoms with van der Waals surface area (Å²) in [5.74, 6) is 1.94. The van der Waals surface area contributed by atoms with Crippen LogP contribution < -0.4 is 5.73 Å². The minimum atomic E-state index is 0.479. The Morgan fingerprint density at radius 2 is 1.58 bits per heavy atom. The van der Waals surface area contributed by atoms with Gasteiger partial charge in [0.1, 0.15) is 4.99 Å². The summed E-state index contributed by atoms with van der Waals surface area (Å²) in [5, 5.41) is 0. The Morgan fingerprint density at radius 1 is 1.00 bits per heavy atom. The normalized spacial score (nSPS) is 10.4. The van der Waals surface area contributed by atoms with Crippen molar-refractivity contribution in [3.05, 3.63) is 70.8 Å². The highest BCUT2D eigenvalue weighted by atomic mass is 32.2. The topological polar surface area (TPSA) is 26.0 Å². The number of aryl methyl sites for hydroxylation is 1. The van der Waals surface area contributed by atoms with Gasteiger partial charge in [0, 0.05) is 17.1 Å². The number of hydrogen-bond donors (Lipinski definition) is 1. The van der Waals surface area contributed by atoms with E-state index in [0.717, 1.165) is 17.1 Å². The smallest absolute Gasteiger partial charge is 0.104 e. The molecule has 0 fully saturated rings. The van der Waals surface area contributed by atoms with Gasteiger partial charge in [-0.15, -0.1) is 0 Å². The monoisotopic (exact) mass is 287 g/mol. The Labute approximate surface area is 124 Å². The molecule has 0 aromatic heterocycles. The number of nitrogens with two attached hydrogens (primary N) is 1. The second kappa shape index (κ2) is 6.73. The molecule has 0 heterocycles. The molecule has 0 amide bonds. The SMILES string of the molecule is Cc1ccccc1CSCc1ccccc1C(N)=S. The summed E-state index contributed by atoms with van der Waals surface area (Å²) < 4.78 is 0. The lowest BCUT2D eigenvalue weighted by Crippen LogP contribution is -2.11. The molecule has 2 N–H and O–H groups in total. The molecule has 0 bridgehead atoms. The number of thiocarbonyl (C=S) groups is 1. The minimum Gasteiger partial charge on any atom is -0.389 e. The van der Waals surface area contributed by atoms with Crippen LogP contribution in [0.5, 0.6) is 0 Å². The fourth-order valence-electron chi connectivity index (χ4n) is 1.93. The van der Waals surface area contributed by atoms with Gasteiger partial charge in [0.15, 0.2) is 0 Å². The molecule has 2 aromatic carbocycles. The molecule has 0 spiro atoms. The lowest BCUT2D eigenvalue weighted by Gasteiger charge is -2.09. The van der Waals surface area contributed by atoms with Gasteiger partial charge in [0.05, 0.1) is 0 Å². The Kier molecular flexibility index (Phi) is 5.00. The van der Waals surface area contributed by atoms with Crippen molar-refractivity contribution in [2.24, 2.45) is 5.73 Å². The van der Waals surface area contributed by atoms with Crippen LogP contribution >= 0.6 is 24.0 Å². The third-order valence-electron chi connectivity index (χ3n) is 3.06. The van der Waals surface area contributed by atoms with Crippen LogP contribution in [-0.2, 0) is 11.5 Å². The van der Waals surface area contributed by atoms with E-state index in [2.05, 4.69) is 37.3 Å². The Morgan fingerprint density at radius 3 is 2.26 bits per heavy atom. The summed E-state index contributed by atoms with van der Waals surface area (Å²) in [7, 11) is 0.